The van der Waals surface area contributed by atoms with E-state index in [0.29, 0.717) is 63.3 Å². The van der Waals surface area contributed by atoms with Gasteiger partial charge in [-0.15, -0.1) is 0 Å². The minimum absolute atomic E-state index is 0.00254. The van der Waals surface area contributed by atoms with Crippen molar-refractivity contribution in [2.24, 2.45) is 5.92 Å². The zero-order chi connectivity index (χ0) is 42.4. The lowest BCUT2D eigenvalue weighted by Gasteiger charge is -2.48. The summed E-state index contributed by atoms with van der Waals surface area (Å²) in [5.41, 5.74) is 0.966. The molecule has 2 aromatic carbocycles. The molecule has 0 radical (unpaired) electrons. The third-order valence-electron chi connectivity index (χ3n) is 12.4. The number of nitroso groups, excluding NO2 is 1. The molecule has 4 saturated heterocycles. The van der Waals surface area contributed by atoms with Crippen LogP contribution in [0.5, 0.6) is 0 Å². The predicted octanol–water partition coefficient (Wildman–Crippen LogP) is 3.89. The van der Waals surface area contributed by atoms with E-state index in [1.807, 2.05) is 18.4 Å². The van der Waals surface area contributed by atoms with Crippen molar-refractivity contribution in [1.29, 1.82) is 0 Å². The molecule has 4 aromatic rings. The topological polar surface area (TPSA) is 174 Å². The Hall–Kier alpha value is -5.34. The number of aromatic nitrogens is 4. The number of likely N-dealkylation sites (tertiary alicyclic amines) is 1. The van der Waals surface area contributed by atoms with Crippen LogP contribution in [0.2, 0.25) is 0 Å². The number of fused-ring (bicyclic) bond motifs is 2. The van der Waals surface area contributed by atoms with E-state index in [1.54, 1.807) is 17.9 Å². The second-order valence-corrected chi connectivity index (χ2v) is 19.0. The van der Waals surface area contributed by atoms with Gasteiger partial charge in [-0.1, -0.05) is 0 Å². The number of piperidine rings is 2. The molecule has 60 heavy (non-hydrogen) atoms. The lowest BCUT2D eigenvalue weighted by molar-refractivity contribution is -0.479. The van der Waals surface area contributed by atoms with Crippen LogP contribution in [-0.4, -0.2) is 134 Å². The number of hydrogen-bond acceptors (Lipinski definition) is 12. The molecule has 0 bridgehead atoms. The van der Waals surface area contributed by atoms with Gasteiger partial charge in [0.15, 0.2) is 17.7 Å². The van der Waals surface area contributed by atoms with Crippen molar-refractivity contribution in [2.45, 2.75) is 69.8 Å². The molecule has 16 nitrogen and oxygen atoms in total. The van der Waals surface area contributed by atoms with E-state index < -0.39 is 56.5 Å². The van der Waals surface area contributed by atoms with Gasteiger partial charge in [-0.2, -0.15) is 0 Å². The number of sulfonamides is 1. The van der Waals surface area contributed by atoms with Crippen LogP contribution < -0.4 is 10.2 Å². The average Bonchev–Trinajstić information content (AvgIpc) is 3.63. The van der Waals surface area contributed by atoms with Crippen molar-refractivity contribution < 1.29 is 40.7 Å². The number of carbonyl (C=O) groups excluding carboxylic acids is 3. The Bertz CT molecular complexity index is 2590. The first-order valence-corrected chi connectivity index (χ1v) is 21.7. The smallest absolute Gasteiger partial charge is 0.368 e. The Labute approximate surface area is 343 Å². The van der Waals surface area contributed by atoms with Gasteiger partial charge in [0.2, 0.25) is 22.5 Å². The fraction of sp³-hybridized carbons (Fsp3) is 0.500. The molecule has 1 N–H and O–H groups in total. The third-order valence-corrected chi connectivity index (χ3v) is 14.7. The average molecular weight is 850 g/mol. The number of aryl methyl sites for hydroxylation is 1. The number of benzene rings is 2. The van der Waals surface area contributed by atoms with Crippen LogP contribution >= 0.6 is 0 Å². The minimum Gasteiger partial charge on any atom is -0.368 e. The maximum atomic E-state index is 15.3. The second-order valence-electron chi connectivity index (χ2n) is 16.7. The zero-order valence-corrected chi connectivity index (χ0v) is 34.1. The molecule has 3 amide bonds. The van der Waals surface area contributed by atoms with Crippen LogP contribution in [0, 0.1) is 35.2 Å². The van der Waals surface area contributed by atoms with Crippen molar-refractivity contribution in [1.82, 2.24) is 33.6 Å². The summed E-state index contributed by atoms with van der Waals surface area (Å²) in [6.45, 7) is 8.56. The Morgan fingerprint density at radius 3 is 2.30 bits per heavy atom. The van der Waals surface area contributed by atoms with Gasteiger partial charge in [0, 0.05) is 80.7 Å². The number of nitrogens with zero attached hydrogens (tertiary/aromatic N) is 9. The first-order valence-electron chi connectivity index (χ1n) is 20.2. The Kier molecular flexibility index (Phi) is 10.0. The molecule has 0 spiro atoms. The van der Waals surface area contributed by atoms with Crippen LogP contribution in [-0.2, 0) is 14.8 Å². The first-order chi connectivity index (χ1) is 28.6. The van der Waals surface area contributed by atoms with E-state index >= 15 is 13.2 Å². The molecule has 1 atom stereocenters. The second kappa shape index (κ2) is 15.0. The highest BCUT2D eigenvalue weighted by Gasteiger charge is 2.50. The van der Waals surface area contributed by atoms with Gasteiger partial charge in [0.05, 0.1) is 33.3 Å². The predicted molar refractivity (Wildman–Crippen MR) is 212 cm³/mol. The van der Waals surface area contributed by atoms with Crippen LogP contribution in [0.4, 0.5) is 24.8 Å². The third kappa shape index (κ3) is 6.81. The van der Waals surface area contributed by atoms with Gasteiger partial charge in [-0.05, 0) is 64.3 Å². The molecular weight excluding hydrogens is 806 g/mol. The van der Waals surface area contributed by atoms with E-state index in [4.69, 9.17) is 0 Å². The van der Waals surface area contributed by atoms with Crippen molar-refractivity contribution in [3.05, 3.63) is 69.8 Å². The number of imidazole rings is 1. The number of imide groups is 1. The molecule has 5 aliphatic heterocycles. The van der Waals surface area contributed by atoms with Gasteiger partial charge in [-0.3, -0.25) is 14.5 Å². The molecule has 0 aliphatic carbocycles. The monoisotopic (exact) mass is 849 g/mol. The number of anilines is 2. The van der Waals surface area contributed by atoms with E-state index in [2.05, 4.69) is 25.2 Å². The van der Waals surface area contributed by atoms with Crippen LogP contribution in [0.15, 0.2) is 30.5 Å². The lowest BCUT2D eigenvalue weighted by atomic mass is 9.96. The summed E-state index contributed by atoms with van der Waals surface area (Å²) >= 11 is 0. The molecule has 20 heteroatoms. The minimum atomic E-state index is -3.58. The number of carbonyl (C=O) groups is 3. The van der Waals surface area contributed by atoms with Gasteiger partial charge in [-0.25, -0.2) is 45.6 Å². The maximum absolute atomic E-state index is 15.3. The highest BCUT2D eigenvalue weighted by Crippen LogP contribution is 2.37. The summed E-state index contributed by atoms with van der Waals surface area (Å²) in [6, 6.07) is 3.88. The molecule has 2 aromatic heterocycles. The van der Waals surface area contributed by atoms with E-state index in [-0.39, 0.29) is 88.4 Å². The number of rotatable bonds is 10. The van der Waals surface area contributed by atoms with E-state index in [9.17, 15) is 27.7 Å². The van der Waals surface area contributed by atoms with Gasteiger partial charge in [0.1, 0.15) is 28.1 Å². The largest absolute Gasteiger partial charge is 0.455 e. The first kappa shape index (κ1) is 40.1. The molecular formula is C40H44F3N10O6S+. The van der Waals surface area contributed by atoms with Crippen molar-refractivity contribution in [3.63, 3.8) is 0 Å². The van der Waals surface area contributed by atoms with Crippen molar-refractivity contribution >= 4 is 50.4 Å². The summed E-state index contributed by atoms with van der Waals surface area (Å²) < 4.78 is 76.3. The Morgan fingerprint density at radius 1 is 0.900 bits per heavy atom. The Balaban J connectivity index is 0.760. The van der Waals surface area contributed by atoms with Crippen LogP contribution in [0.1, 0.15) is 72.1 Å². The maximum Gasteiger partial charge on any atom is 0.455 e. The SMILES string of the molecule is Cc1nc2c(F)cc(-c3nc(NC4CCN(S(=O)(=O)C5CN(CC6CN(c7cc8c(cc7F)C(=O)N(C7CCC[N+](=O)C7=O)C8=O)C6)C5)CC4)ncc3F)cc2n1C(C)C. The van der Waals surface area contributed by atoms with Crippen LogP contribution in [0.3, 0.4) is 0 Å². The molecule has 7 heterocycles. The number of nitrogens with one attached hydrogen (secondary N) is 1. The Morgan fingerprint density at radius 2 is 1.60 bits per heavy atom. The molecule has 4 fully saturated rings. The van der Waals surface area contributed by atoms with Crippen molar-refractivity contribution in [3.8, 4) is 11.3 Å². The number of halogens is 3. The summed E-state index contributed by atoms with van der Waals surface area (Å²) in [4.78, 5) is 68.1. The normalized spacial score (nSPS) is 21.4. The molecule has 0 saturated carbocycles. The molecule has 316 valence electrons. The van der Waals surface area contributed by atoms with Gasteiger partial charge >= 0.3 is 5.91 Å². The zero-order valence-electron chi connectivity index (χ0n) is 33.3. The fourth-order valence-corrected chi connectivity index (χ4v) is 11.3. The highest BCUT2D eigenvalue weighted by atomic mass is 32.2. The standard InChI is InChI=1S/C40H44F3N10O6S/c1-21(2)52-22(3)45-36-30(42)11-24(12-34(36)52)35-31(43)15-44-40(47-35)46-25-6-9-50(10-7-25)60(58,59)26-19-48(20-26)16-23-17-49(18-23)33-14-28-27(13-29(33)41)37(54)53(38(28)55)32-5-4-8-51(57)39(32)56/h11-15,21,23,25-26,32H,4-10,16-20H2,1-3H3,(H,44,46,47)/q+1. The number of amides is 3. The van der Waals surface area contributed by atoms with Crippen molar-refractivity contribution in [2.75, 3.05) is 62.6 Å². The number of hydrogen-bond donors (Lipinski definition) is 1. The molecule has 9 rings (SSSR count). The molecule has 1 unspecified atom stereocenters. The summed E-state index contributed by atoms with van der Waals surface area (Å²) in [5.74, 6) is -3.39. The summed E-state index contributed by atoms with van der Waals surface area (Å²) in [6.07, 6.45) is 2.52. The summed E-state index contributed by atoms with van der Waals surface area (Å²) in [7, 11) is -3.58. The quantitative estimate of drug-likeness (QED) is 0.181. The van der Waals surface area contributed by atoms with E-state index in [1.165, 1.54) is 16.4 Å². The molecule has 5 aliphatic rings. The van der Waals surface area contributed by atoms with Crippen LogP contribution in [0.25, 0.3) is 22.3 Å². The van der Waals surface area contributed by atoms with Gasteiger partial charge < -0.3 is 19.7 Å². The van der Waals surface area contributed by atoms with E-state index in [0.717, 1.165) is 17.2 Å². The fourth-order valence-electron chi connectivity index (χ4n) is 9.31. The lowest BCUT2D eigenvalue weighted by Crippen LogP contribution is -2.62. The highest BCUT2D eigenvalue weighted by molar-refractivity contribution is 7.89. The summed E-state index contributed by atoms with van der Waals surface area (Å²) in [5, 5.41) is 2.66. The van der Waals surface area contributed by atoms with Gasteiger partial charge in [0.25, 0.3) is 11.8 Å².